The molecule has 2 N–H and O–H groups in total. The number of nitrogens with one attached hydrogen (secondary N) is 2. The fraction of sp³-hybridized carbons (Fsp3) is 0.688. The van der Waals surface area contributed by atoms with Gasteiger partial charge in [0.25, 0.3) is 5.91 Å². The van der Waals surface area contributed by atoms with Gasteiger partial charge in [-0.1, -0.05) is 13.8 Å². The molecule has 0 radical (unpaired) electrons. The maximum absolute atomic E-state index is 12.1. The molecule has 1 saturated heterocycles. The third kappa shape index (κ3) is 5.26. The van der Waals surface area contributed by atoms with Crippen molar-refractivity contribution in [3.05, 3.63) is 17.5 Å². The second-order valence-corrected chi connectivity index (χ2v) is 6.17. The van der Waals surface area contributed by atoms with Gasteiger partial charge in [0.1, 0.15) is 5.69 Å². The summed E-state index contributed by atoms with van der Waals surface area (Å²) in [7, 11) is 0. The van der Waals surface area contributed by atoms with Crippen molar-refractivity contribution in [3.8, 4) is 0 Å². The van der Waals surface area contributed by atoms with Crippen LogP contribution in [0.15, 0.2) is 6.07 Å². The molecule has 122 valence electrons. The predicted molar refractivity (Wildman–Crippen MR) is 86.0 cm³/mol. The maximum Gasteiger partial charge on any atom is 0.270 e. The van der Waals surface area contributed by atoms with E-state index in [4.69, 9.17) is 4.74 Å². The lowest BCUT2D eigenvalue weighted by Crippen LogP contribution is -2.27. The molecule has 6 nitrogen and oxygen atoms in total. The van der Waals surface area contributed by atoms with Crippen LogP contribution in [-0.4, -0.2) is 41.7 Å². The van der Waals surface area contributed by atoms with E-state index in [0.717, 1.165) is 31.6 Å². The highest BCUT2D eigenvalue weighted by Crippen LogP contribution is 2.13. The van der Waals surface area contributed by atoms with Crippen molar-refractivity contribution >= 4 is 11.9 Å². The van der Waals surface area contributed by atoms with Gasteiger partial charge in [0.05, 0.1) is 6.10 Å². The first-order valence-electron chi connectivity index (χ1n) is 8.04. The van der Waals surface area contributed by atoms with Crippen LogP contribution in [-0.2, 0) is 4.74 Å². The van der Waals surface area contributed by atoms with E-state index in [1.54, 1.807) is 6.07 Å². The maximum atomic E-state index is 12.1. The van der Waals surface area contributed by atoms with Gasteiger partial charge < -0.3 is 15.4 Å². The van der Waals surface area contributed by atoms with Gasteiger partial charge in [0, 0.05) is 25.4 Å². The van der Waals surface area contributed by atoms with Crippen molar-refractivity contribution in [2.24, 2.45) is 5.92 Å². The molecule has 2 heterocycles. The van der Waals surface area contributed by atoms with E-state index >= 15 is 0 Å². The molecular formula is C16H26N4O2. The molecule has 2 rings (SSSR count). The Balaban J connectivity index is 1.91. The van der Waals surface area contributed by atoms with E-state index in [1.165, 1.54) is 0 Å². The van der Waals surface area contributed by atoms with Crippen molar-refractivity contribution in [1.82, 2.24) is 15.3 Å². The van der Waals surface area contributed by atoms with Gasteiger partial charge in [-0.3, -0.25) is 4.79 Å². The lowest BCUT2D eigenvalue weighted by atomic mass is 10.1. The highest BCUT2D eigenvalue weighted by atomic mass is 16.5. The van der Waals surface area contributed by atoms with E-state index in [9.17, 15) is 4.79 Å². The number of carbonyl (C=O) groups is 1. The fourth-order valence-electron chi connectivity index (χ4n) is 2.34. The summed E-state index contributed by atoms with van der Waals surface area (Å²) < 4.78 is 5.56. The number of aromatic nitrogens is 2. The first-order chi connectivity index (χ1) is 10.5. The molecule has 1 aromatic rings. The molecule has 22 heavy (non-hydrogen) atoms. The minimum absolute atomic E-state index is 0.147. The van der Waals surface area contributed by atoms with E-state index < -0.39 is 0 Å². The SMILES string of the molecule is Cc1cc(C(=O)NCCC(C)C)nc(NCC2CCCO2)n1. The van der Waals surface area contributed by atoms with Crippen LogP contribution in [0.5, 0.6) is 0 Å². The summed E-state index contributed by atoms with van der Waals surface area (Å²) >= 11 is 0. The lowest BCUT2D eigenvalue weighted by molar-refractivity contribution is 0.0947. The van der Waals surface area contributed by atoms with Crippen molar-refractivity contribution in [2.45, 2.75) is 46.1 Å². The lowest BCUT2D eigenvalue weighted by Gasteiger charge is -2.12. The first-order valence-corrected chi connectivity index (χ1v) is 8.04. The van der Waals surface area contributed by atoms with Crippen molar-refractivity contribution in [3.63, 3.8) is 0 Å². The minimum Gasteiger partial charge on any atom is -0.376 e. The number of hydrogen-bond acceptors (Lipinski definition) is 5. The number of aryl methyl sites for hydroxylation is 1. The molecule has 1 aliphatic heterocycles. The molecule has 0 saturated carbocycles. The molecule has 1 amide bonds. The summed E-state index contributed by atoms with van der Waals surface area (Å²) in [5.74, 6) is 0.909. The third-order valence-corrected chi connectivity index (χ3v) is 3.61. The van der Waals surface area contributed by atoms with E-state index in [2.05, 4.69) is 34.4 Å². The number of hydrogen-bond donors (Lipinski definition) is 2. The smallest absolute Gasteiger partial charge is 0.270 e. The van der Waals surface area contributed by atoms with Crippen LogP contribution in [0.25, 0.3) is 0 Å². The zero-order valence-electron chi connectivity index (χ0n) is 13.7. The zero-order valence-corrected chi connectivity index (χ0v) is 13.7. The highest BCUT2D eigenvalue weighted by molar-refractivity contribution is 5.92. The number of anilines is 1. The first kappa shape index (κ1) is 16.7. The van der Waals surface area contributed by atoms with Crippen LogP contribution < -0.4 is 10.6 Å². The van der Waals surface area contributed by atoms with Crippen molar-refractivity contribution < 1.29 is 9.53 Å². The topological polar surface area (TPSA) is 76.1 Å². The van der Waals surface area contributed by atoms with Gasteiger partial charge in [0.2, 0.25) is 5.95 Å². The predicted octanol–water partition coefficient (Wildman–Crippen LogP) is 2.15. The van der Waals surface area contributed by atoms with Crippen LogP contribution in [0.4, 0.5) is 5.95 Å². The van der Waals surface area contributed by atoms with Gasteiger partial charge in [-0.25, -0.2) is 9.97 Å². The molecular weight excluding hydrogens is 280 g/mol. The monoisotopic (exact) mass is 306 g/mol. The number of rotatable bonds is 7. The molecule has 1 aliphatic rings. The van der Waals surface area contributed by atoms with Crippen LogP contribution in [0.2, 0.25) is 0 Å². The Kier molecular flexibility index (Phi) is 6.12. The average Bonchev–Trinajstić information content (AvgIpc) is 2.97. The molecule has 0 aliphatic carbocycles. The largest absolute Gasteiger partial charge is 0.376 e. The average molecular weight is 306 g/mol. The summed E-state index contributed by atoms with van der Waals surface area (Å²) in [4.78, 5) is 20.8. The summed E-state index contributed by atoms with van der Waals surface area (Å²) in [6.07, 6.45) is 3.33. The van der Waals surface area contributed by atoms with Crippen LogP contribution in [0.3, 0.4) is 0 Å². The van der Waals surface area contributed by atoms with Gasteiger partial charge >= 0.3 is 0 Å². The van der Waals surface area contributed by atoms with Gasteiger partial charge in [-0.15, -0.1) is 0 Å². The number of amides is 1. The summed E-state index contributed by atoms with van der Waals surface area (Å²) in [5, 5.41) is 6.07. The molecule has 1 fully saturated rings. The molecule has 0 bridgehead atoms. The molecule has 1 aromatic heterocycles. The quantitative estimate of drug-likeness (QED) is 0.807. The number of nitrogens with zero attached hydrogens (tertiary/aromatic N) is 2. The fourth-order valence-corrected chi connectivity index (χ4v) is 2.34. The van der Waals surface area contributed by atoms with Crippen LogP contribution in [0, 0.1) is 12.8 Å². The van der Waals surface area contributed by atoms with Crippen molar-refractivity contribution in [1.29, 1.82) is 0 Å². The zero-order chi connectivity index (χ0) is 15.9. The normalized spacial score (nSPS) is 17.7. The highest BCUT2D eigenvalue weighted by Gasteiger charge is 2.16. The van der Waals surface area contributed by atoms with E-state index in [0.29, 0.717) is 30.6 Å². The molecule has 1 atom stereocenters. The second kappa shape index (κ2) is 8.08. The minimum atomic E-state index is -0.147. The molecule has 6 heteroatoms. The number of ether oxygens (including phenoxy) is 1. The van der Waals surface area contributed by atoms with Crippen LogP contribution >= 0.6 is 0 Å². The Bertz CT molecular complexity index is 499. The second-order valence-electron chi connectivity index (χ2n) is 6.17. The van der Waals surface area contributed by atoms with Gasteiger partial charge in [-0.2, -0.15) is 0 Å². The Morgan fingerprint density at radius 2 is 2.27 bits per heavy atom. The summed E-state index contributed by atoms with van der Waals surface area (Å²) in [5.41, 5.74) is 1.19. The Morgan fingerprint density at radius 1 is 1.45 bits per heavy atom. The summed E-state index contributed by atoms with van der Waals surface area (Å²) in [6.45, 7) is 8.30. The third-order valence-electron chi connectivity index (χ3n) is 3.61. The molecule has 1 unspecified atom stereocenters. The standard InChI is InChI=1S/C16H26N4O2/c1-11(2)6-7-17-15(21)14-9-12(3)19-16(20-14)18-10-13-5-4-8-22-13/h9,11,13H,4-8,10H2,1-3H3,(H,17,21)(H,18,19,20). The van der Waals surface area contributed by atoms with Gasteiger partial charge in [0.15, 0.2) is 0 Å². The van der Waals surface area contributed by atoms with Crippen molar-refractivity contribution in [2.75, 3.05) is 25.0 Å². The van der Waals surface area contributed by atoms with Gasteiger partial charge in [-0.05, 0) is 38.2 Å². The molecule has 0 spiro atoms. The summed E-state index contributed by atoms with van der Waals surface area (Å²) in [6, 6.07) is 1.71. The number of carbonyl (C=O) groups excluding carboxylic acids is 1. The van der Waals surface area contributed by atoms with Crippen LogP contribution in [0.1, 0.15) is 49.3 Å². The Hall–Kier alpha value is -1.69. The molecule has 0 aromatic carbocycles. The Labute approximate surface area is 132 Å². The van der Waals surface area contributed by atoms with E-state index in [-0.39, 0.29) is 12.0 Å². The Morgan fingerprint density at radius 3 is 2.95 bits per heavy atom. The van der Waals surface area contributed by atoms with E-state index in [1.807, 2.05) is 6.92 Å².